The second kappa shape index (κ2) is 5.79. The number of hydrogen-bond donors (Lipinski definition) is 1. The SMILES string of the molecule is CC(=O)c1ccc(S)c(S(C)=O)c1.[Zn]. The van der Waals surface area contributed by atoms with Crippen molar-refractivity contribution in [1.29, 1.82) is 0 Å². The summed E-state index contributed by atoms with van der Waals surface area (Å²) in [4.78, 5) is 12.3. The molecule has 0 aromatic heterocycles. The van der Waals surface area contributed by atoms with Crippen LogP contribution in [0.2, 0.25) is 0 Å². The molecule has 1 rings (SSSR count). The Hall–Kier alpha value is 0.0134. The molecule has 1 atom stereocenters. The van der Waals surface area contributed by atoms with Gasteiger partial charge in [0.15, 0.2) is 5.78 Å². The van der Waals surface area contributed by atoms with Gasteiger partial charge in [0.05, 0.1) is 15.7 Å². The van der Waals surface area contributed by atoms with Gasteiger partial charge >= 0.3 is 0 Å². The molecule has 0 fully saturated rings. The van der Waals surface area contributed by atoms with Gasteiger partial charge in [-0.1, -0.05) is 6.07 Å². The molecule has 0 aliphatic heterocycles. The van der Waals surface area contributed by atoms with E-state index < -0.39 is 10.8 Å². The zero-order valence-electron chi connectivity index (χ0n) is 8.11. The molecule has 0 saturated carbocycles. The molecule has 0 heterocycles. The van der Waals surface area contributed by atoms with Gasteiger partial charge in [0.2, 0.25) is 0 Å². The number of carbonyl (C=O) groups is 1. The second-order valence-electron chi connectivity index (χ2n) is 2.69. The van der Waals surface area contributed by atoms with Crippen LogP contribution in [0.4, 0.5) is 0 Å². The molecule has 0 aliphatic rings. The van der Waals surface area contributed by atoms with Crippen LogP contribution in [0.5, 0.6) is 0 Å². The standard InChI is InChI=1S/C9H10O2S2.Zn/c1-6(10)7-3-4-8(12)9(5-7)13(2)11;/h3-5,12H,1-2H3;. The van der Waals surface area contributed by atoms with E-state index >= 15 is 0 Å². The average Bonchev–Trinajstić information content (AvgIpc) is 2.04. The Morgan fingerprint density at radius 1 is 1.43 bits per heavy atom. The Kier molecular flexibility index (Phi) is 5.79. The minimum absolute atomic E-state index is 0. The Labute approximate surface area is 104 Å². The summed E-state index contributed by atoms with van der Waals surface area (Å²) in [5.41, 5.74) is 0.572. The normalized spacial score (nSPS) is 11.6. The van der Waals surface area contributed by atoms with E-state index in [4.69, 9.17) is 0 Å². The van der Waals surface area contributed by atoms with E-state index in [0.29, 0.717) is 15.4 Å². The summed E-state index contributed by atoms with van der Waals surface area (Å²) < 4.78 is 11.2. The maximum atomic E-state index is 11.2. The Morgan fingerprint density at radius 3 is 2.43 bits per heavy atom. The summed E-state index contributed by atoms with van der Waals surface area (Å²) in [6.45, 7) is 1.48. The third-order valence-electron chi connectivity index (χ3n) is 1.68. The molecule has 0 bridgehead atoms. The predicted molar refractivity (Wildman–Crippen MR) is 56.0 cm³/mol. The summed E-state index contributed by atoms with van der Waals surface area (Å²) >= 11 is 4.15. The molecule has 1 aromatic carbocycles. The van der Waals surface area contributed by atoms with E-state index in [-0.39, 0.29) is 25.3 Å². The number of rotatable bonds is 2. The van der Waals surface area contributed by atoms with Gasteiger partial charge in [-0.15, -0.1) is 12.6 Å². The fraction of sp³-hybridized carbons (Fsp3) is 0.222. The smallest absolute Gasteiger partial charge is 0.159 e. The van der Waals surface area contributed by atoms with E-state index in [2.05, 4.69) is 12.6 Å². The van der Waals surface area contributed by atoms with Crippen molar-refractivity contribution in [3.8, 4) is 0 Å². The first-order chi connectivity index (χ1) is 6.02. The van der Waals surface area contributed by atoms with Crippen LogP contribution >= 0.6 is 12.6 Å². The molecule has 72 valence electrons. The van der Waals surface area contributed by atoms with E-state index in [1.165, 1.54) is 6.92 Å². The Balaban J connectivity index is 0.00000169. The number of ketones is 1. The number of thiol groups is 1. The minimum Gasteiger partial charge on any atom is -0.295 e. The van der Waals surface area contributed by atoms with Gasteiger partial charge in [0.1, 0.15) is 0 Å². The largest absolute Gasteiger partial charge is 0.295 e. The summed E-state index contributed by atoms with van der Waals surface area (Å²) in [6.07, 6.45) is 1.57. The van der Waals surface area contributed by atoms with E-state index in [9.17, 15) is 9.00 Å². The van der Waals surface area contributed by atoms with Gasteiger partial charge in [-0.3, -0.25) is 9.00 Å². The minimum atomic E-state index is -1.10. The van der Waals surface area contributed by atoms with Gasteiger partial charge < -0.3 is 0 Å². The number of hydrogen-bond acceptors (Lipinski definition) is 3. The van der Waals surface area contributed by atoms with Crippen LogP contribution in [0.1, 0.15) is 17.3 Å². The molecule has 2 nitrogen and oxygen atoms in total. The third-order valence-corrected chi connectivity index (χ3v) is 3.17. The van der Waals surface area contributed by atoms with Crippen molar-refractivity contribution in [2.24, 2.45) is 0 Å². The van der Waals surface area contributed by atoms with Crippen molar-refractivity contribution in [2.45, 2.75) is 16.7 Å². The molecule has 0 saturated heterocycles. The maximum Gasteiger partial charge on any atom is 0.159 e. The molecule has 0 radical (unpaired) electrons. The Bertz CT molecular complexity index is 377. The van der Waals surface area contributed by atoms with Crippen molar-refractivity contribution in [2.75, 3.05) is 6.26 Å². The monoisotopic (exact) mass is 278 g/mol. The van der Waals surface area contributed by atoms with Gasteiger partial charge in [-0.25, -0.2) is 0 Å². The van der Waals surface area contributed by atoms with Crippen LogP contribution in [0.3, 0.4) is 0 Å². The van der Waals surface area contributed by atoms with Crippen LogP contribution in [0, 0.1) is 0 Å². The molecule has 0 spiro atoms. The first kappa shape index (κ1) is 14.0. The number of Topliss-reactive ketones (excluding diaryl/α,β-unsaturated/α-hetero) is 1. The zero-order valence-corrected chi connectivity index (χ0v) is 12.8. The summed E-state index contributed by atoms with van der Waals surface area (Å²) in [5.74, 6) is -0.0277. The summed E-state index contributed by atoms with van der Waals surface area (Å²) in [7, 11) is -1.10. The van der Waals surface area contributed by atoms with E-state index in [1.807, 2.05) is 0 Å². The first-order valence-corrected chi connectivity index (χ1v) is 5.70. The van der Waals surface area contributed by atoms with E-state index in [0.717, 1.165) is 0 Å². The molecule has 0 amide bonds. The van der Waals surface area contributed by atoms with Crippen LogP contribution in [0.15, 0.2) is 28.0 Å². The molecule has 0 aliphatic carbocycles. The zero-order chi connectivity index (χ0) is 10.0. The average molecular weight is 280 g/mol. The van der Waals surface area contributed by atoms with Gasteiger partial charge in [0.25, 0.3) is 0 Å². The van der Waals surface area contributed by atoms with Crippen LogP contribution in [0.25, 0.3) is 0 Å². The number of carbonyl (C=O) groups excluding carboxylic acids is 1. The van der Waals surface area contributed by atoms with Gasteiger partial charge in [0, 0.05) is 36.2 Å². The van der Waals surface area contributed by atoms with Gasteiger partial charge in [-0.2, -0.15) is 0 Å². The number of benzene rings is 1. The molecule has 1 unspecified atom stereocenters. The molecule has 5 heteroatoms. The molecule has 0 N–H and O–H groups in total. The van der Waals surface area contributed by atoms with Crippen LogP contribution in [-0.2, 0) is 30.3 Å². The summed E-state index contributed by atoms with van der Waals surface area (Å²) in [5, 5.41) is 0. The summed E-state index contributed by atoms with van der Waals surface area (Å²) in [6, 6.07) is 5.00. The maximum absolute atomic E-state index is 11.2. The molecule has 1 aromatic rings. The predicted octanol–water partition coefficient (Wildman–Crippen LogP) is 1.91. The van der Waals surface area contributed by atoms with Crippen molar-refractivity contribution >= 4 is 29.2 Å². The van der Waals surface area contributed by atoms with Crippen molar-refractivity contribution in [1.82, 2.24) is 0 Å². The quantitative estimate of drug-likeness (QED) is 0.510. The Morgan fingerprint density at radius 2 is 2.00 bits per heavy atom. The van der Waals surface area contributed by atoms with Crippen LogP contribution < -0.4 is 0 Å². The molecular weight excluding hydrogens is 270 g/mol. The van der Waals surface area contributed by atoms with Crippen molar-refractivity contribution in [3.63, 3.8) is 0 Å². The fourth-order valence-electron chi connectivity index (χ4n) is 0.963. The van der Waals surface area contributed by atoms with Crippen LogP contribution in [-0.4, -0.2) is 16.2 Å². The fourth-order valence-corrected chi connectivity index (χ4v) is 2.14. The van der Waals surface area contributed by atoms with Crippen molar-refractivity contribution < 1.29 is 28.5 Å². The van der Waals surface area contributed by atoms with Crippen molar-refractivity contribution in [3.05, 3.63) is 23.8 Å². The molecular formula is C9H10O2S2Zn. The third kappa shape index (κ3) is 3.30. The second-order valence-corrected chi connectivity index (χ2v) is 4.52. The topological polar surface area (TPSA) is 34.1 Å². The van der Waals surface area contributed by atoms with Gasteiger partial charge in [-0.05, 0) is 19.1 Å². The first-order valence-electron chi connectivity index (χ1n) is 3.69. The molecule has 14 heavy (non-hydrogen) atoms. The van der Waals surface area contributed by atoms with E-state index in [1.54, 1.807) is 24.5 Å².